The van der Waals surface area contributed by atoms with Gasteiger partial charge in [-0.25, -0.2) is 4.39 Å². The van der Waals surface area contributed by atoms with Crippen LogP contribution in [0.15, 0.2) is 18.2 Å². The Morgan fingerprint density at radius 1 is 1.23 bits per heavy atom. The van der Waals surface area contributed by atoms with Crippen LogP contribution in [0.5, 0.6) is 0 Å². The Kier molecular flexibility index (Phi) is 2.22. The number of rotatable bonds is 1. The van der Waals surface area contributed by atoms with E-state index in [1.54, 1.807) is 0 Å². The zero-order chi connectivity index (χ0) is 9.42. The fourth-order valence-corrected chi connectivity index (χ4v) is 2.42. The molecule has 0 nitrogen and oxygen atoms in total. The van der Waals surface area contributed by atoms with Gasteiger partial charge in [-0.2, -0.15) is 4.39 Å². The quantitative estimate of drug-likeness (QED) is 0.637. The normalized spacial score (nSPS) is 11.0. The predicted molar refractivity (Wildman–Crippen MR) is 51.3 cm³/mol. The van der Waals surface area contributed by atoms with Crippen LogP contribution in [0.3, 0.4) is 0 Å². The highest BCUT2D eigenvalue weighted by Crippen LogP contribution is 2.29. The minimum Gasteiger partial charge on any atom is -0.207 e. The minimum atomic E-state index is -0.374. The van der Waals surface area contributed by atoms with Crippen molar-refractivity contribution in [3.8, 4) is 0 Å². The molecule has 1 aromatic heterocycles. The Morgan fingerprint density at radius 3 is 2.69 bits per heavy atom. The Hall–Kier alpha value is -0.670. The molecule has 0 aliphatic carbocycles. The van der Waals surface area contributed by atoms with E-state index in [1.807, 2.05) is 0 Å². The number of halogens is 3. The highest BCUT2D eigenvalue weighted by molar-refractivity contribution is 7.17. The van der Waals surface area contributed by atoms with Gasteiger partial charge in [0.05, 0.1) is 0 Å². The second-order valence-electron chi connectivity index (χ2n) is 2.67. The molecule has 1 heterocycles. The van der Waals surface area contributed by atoms with Crippen molar-refractivity contribution in [2.45, 2.75) is 5.88 Å². The van der Waals surface area contributed by atoms with Crippen molar-refractivity contribution >= 4 is 33.0 Å². The molecule has 0 atom stereocenters. The first kappa shape index (κ1) is 8.91. The summed E-state index contributed by atoms with van der Waals surface area (Å²) >= 11 is 6.60. The third-order valence-corrected chi connectivity index (χ3v) is 3.07. The molecule has 13 heavy (non-hydrogen) atoms. The van der Waals surface area contributed by atoms with Crippen molar-refractivity contribution in [1.82, 2.24) is 0 Å². The van der Waals surface area contributed by atoms with Crippen LogP contribution in [0.4, 0.5) is 8.78 Å². The molecular formula is C9H5ClF2S. The summed E-state index contributed by atoms with van der Waals surface area (Å²) in [5.41, 5.74) is 0.644. The topological polar surface area (TPSA) is 0 Å². The number of hydrogen-bond donors (Lipinski definition) is 0. The van der Waals surface area contributed by atoms with Crippen LogP contribution in [-0.4, -0.2) is 0 Å². The molecule has 0 radical (unpaired) electrons. The third-order valence-electron chi connectivity index (χ3n) is 1.77. The first-order valence-electron chi connectivity index (χ1n) is 3.64. The molecule has 0 saturated heterocycles. The predicted octanol–water partition coefficient (Wildman–Crippen LogP) is 3.92. The number of benzene rings is 1. The minimum absolute atomic E-state index is 0.203. The molecular weight excluding hydrogens is 214 g/mol. The second kappa shape index (κ2) is 3.24. The van der Waals surface area contributed by atoms with Gasteiger partial charge in [-0.05, 0) is 29.1 Å². The lowest BCUT2D eigenvalue weighted by Gasteiger charge is -1.97. The molecule has 0 N–H and O–H groups in total. The standard InChI is InChI=1S/C9H5ClF2S/c10-4-6-2-7(11)1-5-3-8(12)13-9(5)6/h1-3H,4H2. The smallest absolute Gasteiger partial charge is 0.177 e. The Morgan fingerprint density at radius 2 is 2.00 bits per heavy atom. The van der Waals surface area contributed by atoms with Crippen molar-refractivity contribution in [2.75, 3.05) is 0 Å². The van der Waals surface area contributed by atoms with Crippen LogP contribution >= 0.6 is 22.9 Å². The number of hydrogen-bond acceptors (Lipinski definition) is 1. The van der Waals surface area contributed by atoms with E-state index in [9.17, 15) is 8.78 Å². The maximum Gasteiger partial charge on any atom is 0.177 e. The Balaban J connectivity index is 2.80. The summed E-state index contributed by atoms with van der Waals surface area (Å²) in [5.74, 6) is -0.172. The van der Waals surface area contributed by atoms with E-state index in [4.69, 9.17) is 11.6 Å². The Bertz CT molecular complexity index is 450. The van der Waals surface area contributed by atoms with Gasteiger partial charge in [-0.1, -0.05) is 0 Å². The van der Waals surface area contributed by atoms with E-state index in [0.29, 0.717) is 10.9 Å². The summed E-state index contributed by atoms with van der Waals surface area (Å²) in [7, 11) is 0. The summed E-state index contributed by atoms with van der Waals surface area (Å²) in [5, 5.41) is 0.269. The largest absolute Gasteiger partial charge is 0.207 e. The van der Waals surface area contributed by atoms with Gasteiger partial charge in [-0.15, -0.1) is 22.9 Å². The zero-order valence-corrected chi connectivity index (χ0v) is 8.05. The zero-order valence-electron chi connectivity index (χ0n) is 6.48. The van der Waals surface area contributed by atoms with Crippen LogP contribution in [0, 0.1) is 10.9 Å². The van der Waals surface area contributed by atoms with Gasteiger partial charge in [0, 0.05) is 10.6 Å². The van der Waals surface area contributed by atoms with Crippen molar-refractivity contribution in [1.29, 1.82) is 0 Å². The molecule has 1 aromatic carbocycles. The van der Waals surface area contributed by atoms with Gasteiger partial charge in [0.15, 0.2) is 5.13 Å². The maximum absolute atomic E-state index is 12.9. The van der Waals surface area contributed by atoms with Gasteiger partial charge >= 0.3 is 0 Å². The second-order valence-corrected chi connectivity index (χ2v) is 3.94. The van der Waals surface area contributed by atoms with Crippen LogP contribution in [0.25, 0.3) is 10.1 Å². The molecule has 2 rings (SSSR count). The fraction of sp³-hybridized carbons (Fsp3) is 0.111. The lowest BCUT2D eigenvalue weighted by Crippen LogP contribution is -1.80. The van der Waals surface area contributed by atoms with E-state index >= 15 is 0 Å². The van der Waals surface area contributed by atoms with Gasteiger partial charge in [0.2, 0.25) is 0 Å². The number of fused-ring (bicyclic) bond motifs is 1. The first-order valence-corrected chi connectivity index (χ1v) is 4.99. The Labute approximate surface area is 82.8 Å². The van der Waals surface area contributed by atoms with Crippen molar-refractivity contribution in [3.63, 3.8) is 0 Å². The van der Waals surface area contributed by atoms with E-state index in [1.165, 1.54) is 18.2 Å². The molecule has 0 aliphatic heterocycles. The number of alkyl halides is 1. The first-order chi connectivity index (χ1) is 6.20. The highest BCUT2D eigenvalue weighted by atomic mass is 35.5. The highest BCUT2D eigenvalue weighted by Gasteiger charge is 2.07. The average molecular weight is 219 g/mol. The van der Waals surface area contributed by atoms with Crippen molar-refractivity contribution < 1.29 is 8.78 Å². The summed E-state index contributed by atoms with van der Waals surface area (Å²) < 4.78 is 26.5. The molecule has 2 aromatic rings. The molecule has 0 fully saturated rings. The van der Waals surface area contributed by atoms with Gasteiger partial charge in [0.25, 0.3) is 0 Å². The van der Waals surface area contributed by atoms with Crippen LogP contribution in [-0.2, 0) is 5.88 Å². The average Bonchev–Trinajstić information content (AvgIpc) is 2.43. The summed E-state index contributed by atoms with van der Waals surface area (Å²) in [6, 6.07) is 3.97. The summed E-state index contributed by atoms with van der Waals surface area (Å²) in [6.45, 7) is 0. The van der Waals surface area contributed by atoms with E-state index in [-0.39, 0.29) is 16.8 Å². The van der Waals surface area contributed by atoms with Crippen LogP contribution < -0.4 is 0 Å². The summed E-state index contributed by atoms with van der Waals surface area (Å²) in [4.78, 5) is 0. The fourth-order valence-electron chi connectivity index (χ4n) is 1.25. The van der Waals surface area contributed by atoms with Crippen LogP contribution in [0.2, 0.25) is 0 Å². The molecule has 0 spiro atoms. The van der Waals surface area contributed by atoms with Crippen molar-refractivity contribution in [3.05, 3.63) is 34.7 Å². The lowest BCUT2D eigenvalue weighted by molar-refractivity contribution is 0.628. The van der Waals surface area contributed by atoms with Gasteiger partial charge in [-0.3, -0.25) is 0 Å². The van der Waals surface area contributed by atoms with E-state index in [0.717, 1.165) is 16.0 Å². The molecule has 4 heteroatoms. The monoisotopic (exact) mass is 218 g/mol. The molecule has 0 unspecified atom stereocenters. The summed E-state index contributed by atoms with van der Waals surface area (Å²) in [6.07, 6.45) is 0. The molecule has 68 valence electrons. The third kappa shape index (κ3) is 1.54. The molecule has 0 bridgehead atoms. The van der Waals surface area contributed by atoms with E-state index < -0.39 is 0 Å². The van der Waals surface area contributed by atoms with Gasteiger partial charge in [0.1, 0.15) is 5.82 Å². The van der Waals surface area contributed by atoms with Crippen molar-refractivity contribution in [2.24, 2.45) is 0 Å². The van der Waals surface area contributed by atoms with Crippen LogP contribution in [0.1, 0.15) is 5.56 Å². The molecule has 0 amide bonds. The SMILES string of the molecule is Fc1cc(CCl)c2sc(F)cc2c1. The molecule has 0 aliphatic rings. The maximum atomic E-state index is 12.9. The van der Waals surface area contributed by atoms with Gasteiger partial charge < -0.3 is 0 Å². The lowest BCUT2D eigenvalue weighted by atomic mass is 10.2. The number of thiophene rings is 1. The molecule has 0 saturated carbocycles. The van der Waals surface area contributed by atoms with E-state index in [2.05, 4.69) is 0 Å².